The maximum absolute atomic E-state index is 9.95. The molecule has 0 aliphatic carbocycles. The molecule has 4 atom stereocenters. The molecule has 1 fully saturated rings. The first-order chi connectivity index (χ1) is 14.7. The van der Waals surface area contributed by atoms with Crippen molar-refractivity contribution in [2.75, 3.05) is 19.8 Å². The third-order valence-electron chi connectivity index (χ3n) is 5.91. The van der Waals surface area contributed by atoms with E-state index in [2.05, 4.69) is 19.1 Å². The molecule has 1 saturated heterocycles. The molecule has 30 heavy (non-hydrogen) atoms. The molecule has 1 heterocycles. The molecule has 0 bridgehead atoms. The second-order valence-corrected chi connectivity index (χ2v) is 8.79. The largest absolute Gasteiger partial charge is 0.388 e. The van der Waals surface area contributed by atoms with Crippen LogP contribution in [0.1, 0.15) is 103 Å². The Morgan fingerprint density at radius 2 is 1.37 bits per heavy atom. The van der Waals surface area contributed by atoms with E-state index in [0.717, 1.165) is 12.8 Å². The number of hydrogen-bond donors (Lipinski definition) is 3. The topological polar surface area (TPSA) is 79.2 Å². The SMILES string of the molecule is CCCCCCCCC/C=C/CCCCCCCCOC[C@H](O)[C@H]1OC[C@@H](O)[C@H]1O. The van der Waals surface area contributed by atoms with Crippen molar-refractivity contribution in [1.29, 1.82) is 0 Å². The minimum Gasteiger partial charge on any atom is -0.388 e. The molecule has 3 N–H and O–H groups in total. The van der Waals surface area contributed by atoms with Gasteiger partial charge in [-0.15, -0.1) is 0 Å². The fourth-order valence-electron chi connectivity index (χ4n) is 3.89. The number of ether oxygens (including phenoxy) is 2. The van der Waals surface area contributed by atoms with Gasteiger partial charge in [-0.25, -0.2) is 0 Å². The molecular weight excluding hydrogens is 380 g/mol. The lowest BCUT2D eigenvalue weighted by Gasteiger charge is -2.20. The van der Waals surface area contributed by atoms with Crippen molar-refractivity contribution < 1.29 is 24.8 Å². The molecule has 0 radical (unpaired) electrons. The van der Waals surface area contributed by atoms with Gasteiger partial charge in [0.05, 0.1) is 13.2 Å². The fourth-order valence-corrected chi connectivity index (χ4v) is 3.89. The first-order valence-electron chi connectivity index (χ1n) is 12.5. The van der Waals surface area contributed by atoms with Crippen LogP contribution in [-0.2, 0) is 9.47 Å². The summed E-state index contributed by atoms with van der Waals surface area (Å²) in [5, 5.41) is 29.1. The van der Waals surface area contributed by atoms with Crippen molar-refractivity contribution in [3.63, 3.8) is 0 Å². The van der Waals surface area contributed by atoms with Crippen LogP contribution in [0.25, 0.3) is 0 Å². The van der Waals surface area contributed by atoms with Crippen LogP contribution in [0, 0.1) is 0 Å². The summed E-state index contributed by atoms with van der Waals surface area (Å²) in [7, 11) is 0. The average Bonchev–Trinajstić information content (AvgIpc) is 3.08. The summed E-state index contributed by atoms with van der Waals surface area (Å²) in [6.07, 6.45) is 20.5. The summed E-state index contributed by atoms with van der Waals surface area (Å²) >= 11 is 0. The van der Waals surface area contributed by atoms with Crippen LogP contribution in [0.5, 0.6) is 0 Å². The van der Waals surface area contributed by atoms with E-state index in [1.807, 2.05) is 0 Å². The van der Waals surface area contributed by atoms with Gasteiger partial charge in [-0.05, 0) is 32.1 Å². The van der Waals surface area contributed by atoms with Gasteiger partial charge < -0.3 is 24.8 Å². The van der Waals surface area contributed by atoms with E-state index in [1.54, 1.807) is 0 Å². The third-order valence-corrected chi connectivity index (χ3v) is 5.91. The van der Waals surface area contributed by atoms with Gasteiger partial charge in [0.15, 0.2) is 0 Å². The second-order valence-electron chi connectivity index (χ2n) is 8.79. The van der Waals surface area contributed by atoms with Gasteiger partial charge in [-0.2, -0.15) is 0 Å². The van der Waals surface area contributed by atoms with Crippen molar-refractivity contribution >= 4 is 0 Å². The molecule has 0 spiro atoms. The van der Waals surface area contributed by atoms with Crippen LogP contribution in [0.2, 0.25) is 0 Å². The third kappa shape index (κ3) is 13.8. The van der Waals surface area contributed by atoms with Crippen LogP contribution in [0.4, 0.5) is 0 Å². The van der Waals surface area contributed by atoms with Crippen molar-refractivity contribution in [1.82, 2.24) is 0 Å². The van der Waals surface area contributed by atoms with Crippen LogP contribution in [0.15, 0.2) is 12.2 Å². The molecule has 1 aliphatic heterocycles. The standard InChI is InChI=1S/C25H48O5/c1-2-3-4-5-6-7-8-9-10-11-12-13-14-15-16-17-18-19-29-20-23(27)25-24(28)22(26)21-30-25/h10-11,22-28H,2-9,12-21H2,1H3/b11-10+/t22-,23+,24-,25-/m1/s1. The minimum atomic E-state index is -1.03. The highest BCUT2D eigenvalue weighted by Gasteiger charge is 2.39. The van der Waals surface area contributed by atoms with Crippen molar-refractivity contribution in [3.05, 3.63) is 12.2 Å². The van der Waals surface area contributed by atoms with E-state index in [-0.39, 0.29) is 13.2 Å². The summed E-state index contributed by atoms with van der Waals surface area (Å²) in [6, 6.07) is 0. The quantitative estimate of drug-likeness (QED) is 0.190. The van der Waals surface area contributed by atoms with Crippen molar-refractivity contribution in [3.8, 4) is 0 Å². The van der Waals surface area contributed by atoms with E-state index in [4.69, 9.17) is 9.47 Å². The molecule has 1 rings (SSSR count). The average molecular weight is 429 g/mol. The molecule has 1 aliphatic rings. The number of hydrogen-bond acceptors (Lipinski definition) is 5. The van der Waals surface area contributed by atoms with Gasteiger partial charge in [0.25, 0.3) is 0 Å². The molecule has 0 amide bonds. The zero-order valence-corrected chi connectivity index (χ0v) is 19.4. The maximum atomic E-state index is 9.95. The van der Waals surface area contributed by atoms with E-state index < -0.39 is 24.4 Å². The molecule has 0 aromatic carbocycles. The van der Waals surface area contributed by atoms with E-state index in [9.17, 15) is 15.3 Å². The Labute approximate surface area is 184 Å². The van der Waals surface area contributed by atoms with Gasteiger partial charge in [0.2, 0.25) is 0 Å². The summed E-state index contributed by atoms with van der Waals surface area (Å²) in [5.74, 6) is 0. The van der Waals surface area contributed by atoms with Gasteiger partial charge in [0, 0.05) is 6.61 Å². The van der Waals surface area contributed by atoms with Gasteiger partial charge in [-0.1, -0.05) is 83.3 Å². The zero-order chi connectivity index (χ0) is 21.9. The minimum absolute atomic E-state index is 0.0673. The Balaban J connectivity index is 1.77. The molecule has 5 nitrogen and oxygen atoms in total. The number of rotatable bonds is 20. The van der Waals surface area contributed by atoms with Crippen LogP contribution in [0.3, 0.4) is 0 Å². The Morgan fingerprint density at radius 3 is 1.90 bits per heavy atom. The normalized spacial score (nSPS) is 22.9. The molecule has 178 valence electrons. The predicted octanol–water partition coefficient (Wildman–Crippen LogP) is 4.91. The molecule has 0 unspecified atom stereocenters. The smallest absolute Gasteiger partial charge is 0.114 e. The second kappa shape index (κ2) is 19.2. The first-order valence-corrected chi connectivity index (χ1v) is 12.5. The van der Waals surface area contributed by atoms with Crippen LogP contribution < -0.4 is 0 Å². The van der Waals surface area contributed by atoms with Crippen LogP contribution >= 0.6 is 0 Å². The lowest BCUT2D eigenvalue weighted by Crippen LogP contribution is -2.40. The highest BCUT2D eigenvalue weighted by atomic mass is 16.5. The lowest BCUT2D eigenvalue weighted by atomic mass is 10.1. The first kappa shape index (κ1) is 27.6. The maximum Gasteiger partial charge on any atom is 0.114 e. The van der Waals surface area contributed by atoms with Gasteiger partial charge in [-0.3, -0.25) is 0 Å². The monoisotopic (exact) mass is 428 g/mol. The van der Waals surface area contributed by atoms with Gasteiger partial charge >= 0.3 is 0 Å². The molecule has 0 aromatic rings. The summed E-state index contributed by atoms with van der Waals surface area (Å²) in [4.78, 5) is 0. The fraction of sp³-hybridized carbons (Fsp3) is 0.920. The Bertz CT molecular complexity index is 401. The van der Waals surface area contributed by atoms with Crippen molar-refractivity contribution in [2.45, 2.75) is 128 Å². The van der Waals surface area contributed by atoms with E-state index in [0.29, 0.717) is 6.61 Å². The summed E-state index contributed by atoms with van der Waals surface area (Å²) in [5.41, 5.74) is 0. The highest BCUT2D eigenvalue weighted by molar-refractivity contribution is 4.87. The Kier molecular flexibility index (Phi) is 17.7. The lowest BCUT2D eigenvalue weighted by molar-refractivity contribution is -0.0813. The summed E-state index contributed by atoms with van der Waals surface area (Å²) < 4.78 is 10.7. The van der Waals surface area contributed by atoms with E-state index in [1.165, 1.54) is 83.5 Å². The van der Waals surface area contributed by atoms with Crippen molar-refractivity contribution in [2.24, 2.45) is 0 Å². The number of unbranched alkanes of at least 4 members (excludes halogenated alkanes) is 13. The number of aliphatic hydroxyl groups is 3. The Morgan fingerprint density at radius 1 is 0.833 bits per heavy atom. The summed E-state index contributed by atoms with van der Waals surface area (Å²) in [6.45, 7) is 3.09. The zero-order valence-electron chi connectivity index (χ0n) is 19.4. The predicted molar refractivity (Wildman–Crippen MR) is 123 cm³/mol. The van der Waals surface area contributed by atoms with Gasteiger partial charge in [0.1, 0.15) is 24.4 Å². The van der Waals surface area contributed by atoms with E-state index >= 15 is 0 Å². The number of aliphatic hydroxyl groups excluding tert-OH is 3. The number of allylic oxidation sites excluding steroid dienone is 2. The highest BCUT2D eigenvalue weighted by Crippen LogP contribution is 2.18. The Hall–Kier alpha value is -0.460. The molecule has 5 heteroatoms. The van der Waals surface area contributed by atoms with Crippen LogP contribution in [-0.4, -0.2) is 59.6 Å². The molecule has 0 saturated carbocycles. The molecular formula is C25H48O5. The molecule has 0 aromatic heterocycles.